The maximum absolute atomic E-state index is 11.9. The Bertz CT molecular complexity index is 645. The van der Waals surface area contributed by atoms with Crippen molar-refractivity contribution < 1.29 is 18.3 Å². The maximum atomic E-state index is 11.9. The third-order valence-electron chi connectivity index (χ3n) is 2.03. The Hall–Kier alpha value is -1.29. The van der Waals surface area contributed by atoms with Gasteiger partial charge in [-0.1, -0.05) is 0 Å². The van der Waals surface area contributed by atoms with Crippen molar-refractivity contribution in [2.75, 3.05) is 0 Å². The highest BCUT2D eigenvalue weighted by Crippen LogP contribution is 2.20. The van der Waals surface area contributed by atoms with Crippen LogP contribution in [0.5, 0.6) is 0 Å². The van der Waals surface area contributed by atoms with Crippen LogP contribution in [0.2, 0.25) is 0 Å². The normalized spacial score (nSPS) is 11.6. The van der Waals surface area contributed by atoms with Gasteiger partial charge in [0.2, 0.25) is 0 Å². The third-order valence-corrected chi connectivity index (χ3v) is 5.53. The number of rotatable bonds is 5. The number of carboxylic acid groups (broad SMARTS) is 1. The lowest BCUT2D eigenvalue weighted by molar-refractivity contribution is 0.0687. The maximum Gasteiger partial charge on any atom is 0.356 e. The summed E-state index contributed by atoms with van der Waals surface area (Å²) < 4.78 is 25.9. The molecule has 0 aliphatic rings. The monoisotopic (exact) mass is 304 g/mol. The lowest BCUT2D eigenvalue weighted by atomic mass is 10.4. The smallest absolute Gasteiger partial charge is 0.356 e. The predicted octanol–water partition coefficient (Wildman–Crippen LogP) is 1.38. The molecule has 0 aromatic carbocycles. The Morgan fingerprint density at radius 3 is 2.89 bits per heavy atom. The van der Waals surface area contributed by atoms with Crippen LogP contribution in [0.4, 0.5) is 0 Å². The fraction of sp³-hybridized carbons (Fsp3) is 0.111. The molecule has 6 nitrogen and oxygen atoms in total. The number of thiophene rings is 1. The van der Waals surface area contributed by atoms with E-state index in [4.69, 9.17) is 5.11 Å². The van der Waals surface area contributed by atoms with Crippen molar-refractivity contribution in [2.45, 2.75) is 10.8 Å². The van der Waals surface area contributed by atoms with Gasteiger partial charge in [-0.15, -0.1) is 11.3 Å². The Morgan fingerprint density at radius 2 is 2.28 bits per heavy atom. The summed E-state index contributed by atoms with van der Waals surface area (Å²) in [7, 11) is -3.84. The Labute approximate surface area is 111 Å². The van der Waals surface area contributed by atoms with Crippen molar-refractivity contribution in [1.82, 2.24) is 9.71 Å². The number of sulfonamides is 1. The van der Waals surface area contributed by atoms with Gasteiger partial charge in [0.1, 0.15) is 0 Å². The van der Waals surface area contributed by atoms with E-state index in [-0.39, 0.29) is 10.8 Å². The average molecular weight is 304 g/mol. The van der Waals surface area contributed by atoms with Crippen molar-refractivity contribution in [3.05, 3.63) is 33.6 Å². The quantitative estimate of drug-likeness (QED) is 0.870. The summed E-state index contributed by atoms with van der Waals surface area (Å²) in [5.41, 5.74) is 1.57. The number of hydrogen-bond donors (Lipinski definition) is 2. The molecule has 2 N–H and O–H groups in total. The standard InChI is InChI=1S/C9H8N2O4S3/c12-8(13)7-9(17-5-10-7)18(14,15)11-3-6-1-2-16-4-6/h1-2,4-5,11H,3H2,(H,12,13). The molecule has 0 bridgehead atoms. The Morgan fingerprint density at radius 1 is 1.50 bits per heavy atom. The molecule has 9 heteroatoms. The van der Waals surface area contributed by atoms with E-state index in [9.17, 15) is 13.2 Å². The van der Waals surface area contributed by atoms with E-state index >= 15 is 0 Å². The summed E-state index contributed by atoms with van der Waals surface area (Å²) in [5, 5.41) is 12.5. The molecule has 0 saturated carbocycles. The fourth-order valence-electron chi connectivity index (χ4n) is 1.21. The molecule has 2 aromatic heterocycles. The molecule has 0 aliphatic carbocycles. The predicted molar refractivity (Wildman–Crippen MR) is 67.4 cm³/mol. The second-order valence-electron chi connectivity index (χ2n) is 3.25. The molecule has 2 aromatic rings. The summed E-state index contributed by atoms with van der Waals surface area (Å²) in [6.07, 6.45) is 0. The van der Waals surface area contributed by atoms with Gasteiger partial charge >= 0.3 is 5.97 Å². The SMILES string of the molecule is O=C(O)c1ncsc1S(=O)(=O)NCc1ccsc1. The van der Waals surface area contributed by atoms with Gasteiger partial charge in [0, 0.05) is 6.54 Å². The van der Waals surface area contributed by atoms with Crippen LogP contribution in [0.3, 0.4) is 0 Å². The Balaban J connectivity index is 2.20. The molecule has 0 fully saturated rings. The van der Waals surface area contributed by atoms with Crippen LogP contribution in [0.25, 0.3) is 0 Å². The number of thiazole rings is 1. The molecule has 0 spiro atoms. The van der Waals surface area contributed by atoms with Crippen LogP contribution in [0.1, 0.15) is 16.1 Å². The first-order valence-corrected chi connectivity index (χ1v) is 7.99. The van der Waals surface area contributed by atoms with E-state index in [0.29, 0.717) is 0 Å². The van der Waals surface area contributed by atoms with Gasteiger partial charge in [0.05, 0.1) is 5.51 Å². The second kappa shape index (κ2) is 5.14. The van der Waals surface area contributed by atoms with Gasteiger partial charge in [-0.3, -0.25) is 0 Å². The molecule has 0 saturated heterocycles. The first kappa shape index (κ1) is 13.1. The summed E-state index contributed by atoms with van der Waals surface area (Å²) in [4.78, 5) is 14.3. The van der Waals surface area contributed by atoms with Gasteiger partial charge in [-0.25, -0.2) is 22.9 Å². The highest BCUT2D eigenvalue weighted by Gasteiger charge is 2.25. The van der Waals surface area contributed by atoms with Crippen LogP contribution >= 0.6 is 22.7 Å². The second-order valence-corrected chi connectivity index (χ2v) is 6.85. The molecule has 0 amide bonds. The number of carboxylic acids is 1. The molecule has 0 radical (unpaired) electrons. The van der Waals surface area contributed by atoms with Gasteiger partial charge in [0.25, 0.3) is 10.0 Å². The van der Waals surface area contributed by atoms with Crippen molar-refractivity contribution >= 4 is 38.7 Å². The number of aromatic carboxylic acids is 1. The summed E-state index contributed by atoms with van der Waals surface area (Å²) >= 11 is 2.24. The van der Waals surface area contributed by atoms with Crippen LogP contribution in [-0.4, -0.2) is 24.5 Å². The summed E-state index contributed by atoms with van der Waals surface area (Å²) in [6.45, 7) is 0.128. The van der Waals surface area contributed by atoms with E-state index in [1.54, 1.807) is 6.07 Å². The van der Waals surface area contributed by atoms with Crippen LogP contribution in [0.15, 0.2) is 26.5 Å². The number of hydrogen-bond acceptors (Lipinski definition) is 6. The van der Waals surface area contributed by atoms with Crippen molar-refractivity contribution in [1.29, 1.82) is 0 Å². The number of aromatic nitrogens is 1. The van der Waals surface area contributed by atoms with Crippen molar-refractivity contribution in [2.24, 2.45) is 0 Å². The topological polar surface area (TPSA) is 96.4 Å². The van der Waals surface area contributed by atoms with Crippen LogP contribution in [0, 0.1) is 0 Å². The summed E-state index contributed by atoms with van der Waals surface area (Å²) in [6, 6.07) is 1.79. The lowest BCUT2D eigenvalue weighted by Crippen LogP contribution is -2.24. The first-order valence-electron chi connectivity index (χ1n) is 4.68. The van der Waals surface area contributed by atoms with E-state index in [2.05, 4.69) is 9.71 Å². The minimum absolute atomic E-state index is 0.128. The van der Waals surface area contributed by atoms with Gasteiger partial charge in [-0.2, -0.15) is 11.3 Å². The van der Waals surface area contributed by atoms with Gasteiger partial charge in [-0.05, 0) is 22.4 Å². The van der Waals surface area contributed by atoms with Crippen molar-refractivity contribution in [3.63, 3.8) is 0 Å². The molecule has 18 heavy (non-hydrogen) atoms. The minimum atomic E-state index is -3.84. The largest absolute Gasteiger partial charge is 0.476 e. The zero-order chi connectivity index (χ0) is 13.2. The number of nitrogens with zero attached hydrogens (tertiary/aromatic N) is 1. The Kier molecular flexibility index (Phi) is 3.76. The molecule has 0 unspecified atom stereocenters. The van der Waals surface area contributed by atoms with E-state index in [1.807, 2.05) is 10.8 Å². The number of carbonyl (C=O) groups is 1. The molecule has 0 aliphatic heterocycles. The molecule has 2 rings (SSSR count). The highest BCUT2D eigenvalue weighted by molar-refractivity contribution is 7.91. The van der Waals surface area contributed by atoms with Crippen LogP contribution < -0.4 is 4.72 Å². The van der Waals surface area contributed by atoms with Gasteiger partial charge in [0.15, 0.2) is 9.90 Å². The third kappa shape index (κ3) is 2.75. The minimum Gasteiger partial charge on any atom is -0.476 e. The van der Waals surface area contributed by atoms with Crippen LogP contribution in [-0.2, 0) is 16.6 Å². The zero-order valence-corrected chi connectivity index (χ0v) is 11.3. The summed E-state index contributed by atoms with van der Waals surface area (Å²) in [5.74, 6) is -1.35. The average Bonchev–Trinajstić information content (AvgIpc) is 2.98. The molecule has 0 atom stereocenters. The number of nitrogens with one attached hydrogen (secondary N) is 1. The first-order chi connectivity index (χ1) is 8.50. The lowest BCUT2D eigenvalue weighted by Gasteiger charge is -2.03. The fourth-order valence-corrected chi connectivity index (χ4v) is 4.07. The van der Waals surface area contributed by atoms with Gasteiger partial charge < -0.3 is 5.11 Å². The molecular formula is C9H8N2O4S3. The molecule has 2 heterocycles. The van der Waals surface area contributed by atoms with Crippen molar-refractivity contribution in [3.8, 4) is 0 Å². The molecule has 96 valence electrons. The van der Waals surface area contributed by atoms with E-state index < -0.39 is 21.7 Å². The highest BCUT2D eigenvalue weighted by atomic mass is 32.2. The molecular weight excluding hydrogens is 296 g/mol. The van der Waals surface area contributed by atoms with E-state index in [0.717, 1.165) is 16.9 Å². The zero-order valence-electron chi connectivity index (χ0n) is 8.86. The van der Waals surface area contributed by atoms with E-state index in [1.165, 1.54) is 16.8 Å².